The van der Waals surface area contributed by atoms with Crippen molar-refractivity contribution in [3.8, 4) is 0 Å². The van der Waals surface area contributed by atoms with E-state index in [0.29, 0.717) is 0 Å². The van der Waals surface area contributed by atoms with Gasteiger partial charge >= 0.3 is 0 Å². The molecule has 0 saturated heterocycles. The van der Waals surface area contributed by atoms with Gasteiger partial charge in [-0.15, -0.1) is 0 Å². The molecule has 0 nitrogen and oxygen atoms in total. The predicted molar refractivity (Wildman–Crippen MR) is 68.0 cm³/mol. The van der Waals surface area contributed by atoms with E-state index in [1.165, 1.54) is 16.7 Å². The first-order valence-corrected chi connectivity index (χ1v) is 5.80. The molecule has 0 aliphatic heterocycles. The van der Waals surface area contributed by atoms with Crippen LogP contribution in [0.3, 0.4) is 0 Å². The second-order valence-electron chi connectivity index (χ2n) is 2.77. The molecule has 0 N–H and O–H groups in total. The molecule has 0 aliphatic rings. The molecule has 0 amide bonds. The molecule has 0 atom stereocenters. The SMILES string of the molecule is CC.CC.CCc1ccc(C)c(C)c1. The van der Waals surface area contributed by atoms with Crippen LogP contribution in [-0.2, 0) is 6.42 Å². The zero-order chi connectivity index (χ0) is 11.6. The number of benzene rings is 1. The van der Waals surface area contributed by atoms with Crippen LogP contribution < -0.4 is 0 Å². The second kappa shape index (κ2) is 10.3. The fraction of sp³-hybridized carbons (Fsp3) is 0.571. The maximum absolute atomic E-state index is 2.26. The van der Waals surface area contributed by atoms with Crippen LogP contribution >= 0.6 is 0 Å². The minimum Gasteiger partial charge on any atom is -0.0683 e. The molecule has 0 spiro atoms. The third-order valence-corrected chi connectivity index (χ3v) is 1.98. The molecule has 14 heavy (non-hydrogen) atoms. The van der Waals surface area contributed by atoms with Crippen LogP contribution in [-0.4, -0.2) is 0 Å². The molecule has 82 valence electrons. The predicted octanol–water partition coefficient (Wildman–Crippen LogP) is 4.92. The topological polar surface area (TPSA) is 0 Å². The highest BCUT2D eigenvalue weighted by Gasteiger charge is 1.92. The molecule has 0 aliphatic carbocycles. The zero-order valence-corrected chi connectivity index (χ0v) is 10.9. The Labute approximate surface area is 90.4 Å². The molecule has 0 saturated carbocycles. The fourth-order valence-corrected chi connectivity index (χ4v) is 1.02. The molecule has 0 radical (unpaired) electrons. The molecular formula is C14H26. The maximum Gasteiger partial charge on any atom is -0.0307 e. The lowest BCUT2D eigenvalue weighted by atomic mass is 10.1. The highest BCUT2D eigenvalue weighted by atomic mass is 14.0. The van der Waals surface area contributed by atoms with E-state index in [9.17, 15) is 0 Å². The van der Waals surface area contributed by atoms with Crippen LogP contribution in [0.25, 0.3) is 0 Å². The molecule has 1 rings (SSSR count). The van der Waals surface area contributed by atoms with Crippen molar-refractivity contribution < 1.29 is 0 Å². The minimum atomic E-state index is 1.14. The normalized spacial score (nSPS) is 7.93. The minimum absolute atomic E-state index is 1.14. The van der Waals surface area contributed by atoms with Gasteiger partial charge in [-0.2, -0.15) is 0 Å². The Balaban J connectivity index is 0. The Morgan fingerprint density at radius 3 is 1.71 bits per heavy atom. The molecule has 1 aromatic rings. The monoisotopic (exact) mass is 194 g/mol. The van der Waals surface area contributed by atoms with Crippen LogP contribution in [0.4, 0.5) is 0 Å². The molecule has 0 heterocycles. The van der Waals surface area contributed by atoms with Gasteiger partial charge in [-0.3, -0.25) is 0 Å². The molecule has 1 aromatic carbocycles. The lowest BCUT2D eigenvalue weighted by Gasteiger charge is -2.01. The van der Waals surface area contributed by atoms with Crippen LogP contribution in [0.5, 0.6) is 0 Å². The third-order valence-electron chi connectivity index (χ3n) is 1.98. The Kier molecular flexibility index (Phi) is 11.5. The van der Waals surface area contributed by atoms with Crippen LogP contribution in [0.2, 0.25) is 0 Å². The fourth-order valence-electron chi connectivity index (χ4n) is 1.02. The molecular weight excluding hydrogens is 168 g/mol. The summed E-state index contributed by atoms with van der Waals surface area (Å²) in [5.74, 6) is 0. The standard InChI is InChI=1S/C10H14.2C2H6/c1-4-10-6-5-8(2)9(3)7-10;2*1-2/h5-7H,4H2,1-3H3;2*1-2H3. The van der Waals surface area contributed by atoms with E-state index in [-0.39, 0.29) is 0 Å². The van der Waals surface area contributed by atoms with E-state index in [1.807, 2.05) is 27.7 Å². The van der Waals surface area contributed by atoms with Crippen LogP contribution in [0.1, 0.15) is 51.3 Å². The highest BCUT2D eigenvalue weighted by Crippen LogP contribution is 2.09. The van der Waals surface area contributed by atoms with Gasteiger partial charge in [0.15, 0.2) is 0 Å². The lowest BCUT2D eigenvalue weighted by Crippen LogP contribution is -1.84. The lowest BCUT2D eigenvalue weighted by molar-refractivity contribution is 1.12. The van der Waals surface area contributed by atoms with Crippen molar-refractivity contribution in [3.63, 3.8) is 0 Å². The van der Waals surface area contributed by atoms with Crippen molar-refractivity contribution in [2.75, 3.05) is 0 Å². The summed E-state index contributed by atoms with van der Waals surface area (Å²) in [6.07, 6.45) is 1.14. The second-order valence-corrected chi connectivity index (χ2v) is 2.77. The molecule has 0 aromatic heterocycles. The number of rotatable bonds is 1. The van der Waals surface area contributed by atoms with Gasteiger partial charge in [0.2, 0.25) is 0 Å². The summed E-state index contributed by atoms with van der Waals surface area (Å²) in [5.41, 5.74) is 4.22. The van der Waals surface area contributed by atoms with Crippen molar-refractivity contribution in [1.82, 2.24) is 0 Å². The summed E-state index contributed by atoms with van der Waals surface area (Å²) in [7, 11) is 0. The van der Waals surface area contributed by atoms with Gasteiger partial charge < -0.3 is 0 Å². The molecule has 0 unspecified atom stereocenters. The third kappa shape index (κ3) is 5.80. The van der Waals surface area contributed by atoms with Gasteiger partial charge in [0.1, 0.15) is 0 Å². The van der Waals surface area contributed by atoms with E-state index < -0.39 is 0 Å². The van der Waals surface area contributed by atoms with Crippen molar-refractivity contribution >= 4 is 0 Å². The van der Waals surface area contributed by atoms with Gasteiger partial charge in [-0.25, -0.2) is 0 Å². The summed E-state index contributed by atoms with van der Waals surface area (Å²) >= 11 is 0. The number of aryl methyl sites for hydroxylation is 3. The van der Waals surface area contributed by atoms with Crippen molar-refractivity contribution in [2.24, 2.45) is 0 Å². The number of hydrogen-bond donors (Lipinski definition) is 0. The van der Waals surface area contributed by atoms with Gasteiger partial charge in [-0.05, 0) is 37.0 Å². The van der Waals surface area contributed by atoms with Crippen LogP contribution in [0.15, 0.2) is 18.2 Å². The molecule has 0 bridgehead atoms. The van der Waals surface area contributed by atoms with Gasteiger partial charge in [-0.1, -0.05) is 52.8 Å². The van der Waals surface area contributed by atoms with Crippen molar-refractivity contribution in [3.05, 3.63) is 34.9 Å². The van der Waals surface area contributed by atoms with Crippen molar-refractivity contribution in [1.29, 1.82) is 0 Å². The summed E-state index contributed by atoms with van der Waals surface area (Å²) in [6, 6.07) is 6.64. The Morgan fingerprint density at radius 1 is 0.857 bits per heavy atom. The van der Waals surface area contributed by atoms with Gasteiger partial charge in [0, 0.05) is 0 Å². The van der Waals surface area contributed by atoms with E-state index in [2.05, 4.69) is 39.0 Å². The van der Waals surface area contributed by atoms with Crippen molar-refractivity contribution in [2.45, 2.75) is 54.9 Å². The van der Waals surface area contributed by atoms with E-state index in [0.717, 1.165) is 6.42 Å². The maximum atomic E-state index is 2.26. The summed E-state index contributed by atoms with van der Waals surface area (Å²) in [5, 5.41) is 0. The smallest absolute Gasteiger partial charge is 0.0307 e. The molecule has 0 fully saturated rings. The van der Waals surface area contributed by atoms with Gasteiger partial charge in [0.05, 0.1) is 0 Å². The highest BCUT2D eigenvalue weighted by molar-refractivity contribution is 5.29. The molecule has 0 heteroatoms. The summed E-state index contributed by atoms with van der Waals surface area (Å²) in [4.78, 5) is 0. The first kappa shape index (κ1) is 15.7. The Morgan fingerprint density at radius 2 is 1.36 bits per heavy atom. The Hall–Kier alpha value is -0.780. The summed E-state index contributed by atoms with van der Waals surface area (Å²) < 4.78 is 0. The van der Waals surface area contributed by atoms with E-state index >= 15 is 0 Å². The van der Waals surface area contributed by atoms with Crippen LogP contribution in [0, 0.1) is 13.8 Å². The number of hydrogen-bond acceptors (Lipinski definition) is 0. The first-order chi connectivity index (χ1) is 6.74. The first-order valence-electron chi connectivity index (χ1n) is 5.80. The Bertz CT molecular complexity index is 223. The average molecular weight is 194 g/mol. The summed E-state index contributed by atoms with van der Waals surface area (Å²) in [6.45, 7) is 14.5. The average Bonchev–Trinajstić information content (AvgIpc) is 2.28. The van der Waals surface area contributed by atoms with Gasteiger partial charge in [0.25, 0.3) is 0 Å². The quantitative estimate of drug-likeness (QED) is 0.595. The van der Waals surface area contributed by atoms with E-state index in [1.54, 1.807) is 0 Å². The largest absolute Gasteiger partial charge is 0.0683 e. The van der Waals surface area contributed by atoms with E-state index in [4.69, 9.17) is 0 Å². The zero-order valence-electron chi connectivity index (χ0n) is 10.9.